The van der Waals surface area contributed by atoms with Gasteiger partial charge in [0.15, 0.2) is 11.5 Å². The second-order valence-electron chi connectivity index (χ2n) is 7.00. The van der Waals surface area contributed by atoms with Gasteiger partial charge in [-0.1, -0.05) is 12.1 Å². The minimum atomic E-state index is 0.482. The monoisotopic (exact) mass is 392 g/mol. The molecule has 150 valence electrons. The molecular weight excluding hydrogens is 368 g/mol. The first-order valence-electron chi connectivity index (χ1n) is 9.45. The molecule has 0 aliphatic carbocycles. The summed E-state index contributed by atoms with van der Waals surface area (Å²) in [6, 6.07) is 13.7. The number of methoxy groups -OCH3 is 1. The van der Waals surface area contributed by atoms with Gasteiger partial charge >= 0.3 is 0 Å². The summed E-state index contributed by atoms with van der Waals surface area (Å²) in [6.45, 7) is 1.92. The van der Waals surface area contributed by atoms with Gasteiger partial charge in [-0.2, -0.15) is 0 Å². The van der Waals surface area contributed by atoms with Crippen LogP contribution in [0.2, 0.25) is 0 Å². The molecule has 0 radical (unpaired) electrons. The number of hydrogen-bond donors (Lipinski definition) is 1. The summed E-state index contributed by atoms with van der Waals surface area (Å²) >= 11 is 0. The molecule has 1 aromatic carbocycles. The van der Waals surface area contributed by atoms with Crippen LogP contribution in [0.15, 0.2) is 48.7 Å². The average molecular weight is 392 g/mol. The summed E-state index contributed by atoms with van der Waals surface area (Å²) in [6.07, 6.45) is 1.87. The van der Waals surface area contributed by atoms with Crippen LogP contribution < -0.4 is 19.5 Å². The third-order valence-corrected chi connectivity index (χ3v) is 4.48. The number of pyridine rings is 2. The number of benzene rings is 1. The van der Waals surface area contributed by atoms with Crippen LogP contribution in [0.5, 0.6) is 17.4 Å². The molecule has 0 unspecified atom stereocenters. The molecule has 0 saturated heterocycles. The van der Waals surface area contributed by atoms with Crippen LogP contribution in [-0.2, 0) is 6.54 Å². The van der Waals surface area contributed by atoms with Crippen LogP contribution in [0, 0.1) is 0 Å². The highest BCUT2D eigenvalue weighted by Gasteiger charge is 2.18. The van der Waals surface area contributed by atoms with E-state index in [1.54, 1.807) is 7.11 Å². The zero-order valence-electron chi connectivity index (χ0n) is 16.8. The third kappa shape index (κ3) is 4.25. The maximum absolute atomic E-state index is 5.81. The fraction of sp³-hybridized carbons (Fsp3) is 0.273. The van der Waals surface area contributed by atoms with Crippen molar-refractivity contribution in [2.45, 2.75) is 6.54 Å². The molecule has 29 heavy (non-hydrogen) atoms. The molecule has 2 aromatic heterocycles. The van der Waals surface area contributed by atoms with Gasteiger partial charge < -0.3 is 24.4 Å². The van der Waals surface area contributed by atoms with Gasteiger partial charge in [-0.05, 0) is 50.0 Å². The molecule has 0 spiro atoms. The lowest BCUT2D eigenvalue weighted by molar-refractivity contribution is 0.172. The van der Waals surface area contributed by atoms with Crippen molar-refractivity contribution in [1.82, 2.24) is 14.9 Å². The van der Waals surface area contributed by atoms with Gasteiger partial charge in [-0.15, -0.1) is 0 Å². The Kier molecular flexibility index (Phi) is 5.48. The Balaban J connectivity index is 1.59. The molecule has 3 heterocycles. The standard InChI is InChI=1S/C22H24N4O3/c1-26(2)14-15-7-10-20(23-13-15)24-18-9-8-17(25-22(18)27-3)16-5-4-6-19-21(16)29-12-11-28-19/h4-10,13H,11-12,14H2,1-3H3,(H,23,24). The molecule has 1 aliphatic rings. The van der Waals surface area contributed by atoms with Crippen LogP contribution in [0.4, 0.5) is 11.5 Å². The van der Waals surface area contributed by atoms with Gasteiger partial charge in [-0.3, -0.25) is 0 Å². The normalized spacial score (nSPS) is 12.7. The predicted octanol–water partition coefficient (Wildman–Crippen LogP) is 3.73. The van der Waals surface area contributed by atoms with Gasteiger partial charge in [-0.25, -0.2) is 9.97 Å². The molecule has 0 saturated carbocycles. The summed E-state index contributed by atoms with van der Waals surface area (Å²) in [5, 5.41) is 3.28. The van der Waals surface area contributed by atoms with E-state index >= 15 is 0 Å². The van der Waals surface area contributed by atoms with Crippen molar-refractivity contribution in [3.63, 3.8) is 0 Å². The smallest absolute Gasteiger partial charge is 0.238 e. The summed E-state index contributed by atoms with van der Waals surface area (Å²) in [4.78, 5) is 11.3. The van der Waals surface area contributed by atoms with E-state index in [1.165, 1.54) is 0 Å². The highest BCUT2D eigenvalue weighted by molar-refractivity contribution is 5.74. The molecule has 4 rings (SSSR count). The predicted molar refractivity (Wildman–Crippen MR) is 112 cm³/mol. The van der Waals surface area contributed by atoms with E-state index in [1.807, 2.05) is 56.7 Å². The Hall–Kier alpha value is -3.32. The number of nitrogens with one attached hydrogen (secondary N) is 1. The third-order valence-electron chi connectivity index (χ3n) is 4.48. The number of para-hydroxylation sites is 1. The fourth-order valence-corrected chi connectivity index (χ4v) is 3.21. The molecule has 0 amide bonds. The number of hydrogen-bond acceptors (Lipinski definition) is 7. The van der Waals surface area contributed by atoms with Gasteiger partial charge in [0.05, 0.1) is 12.8 Å². The Morgan fingerprint density at radius 1 is 1.07 bits per heavy atom. The zero-order valence-corrected chi connectivity index (χ0v) is 16.8. The summed E-state index contributed by atoms with van der Waals surface area (Å²) in [7, 11) is 5.67. The average Bonchev–Trinajstić information content (AvgIpc) is 2.74. The summed E-state index contributed by atoms with van der Waals surface area (Å²) < 4.78 is 17.0. The molecule has 3 aromatic rings. The Bertz CT molecular complexity index is 990. The first-order valence-corrected chi connectivity index (χ1v) is 9.45. The summed E-state index contributed by atoms with van der Waals surface area (Å²) in [5.41, 5.74) is 3.52. The second kappa shape index (κ2) is 8.36. The van der Waals surface area contributed by atoms with E-state index in [0.717, 1.165) is 40.6 Å². The number of nitrogens with zero attached hydrogens (tertiary/aromatic N) is 3. The molecule has 1 N–H and O–H groups in total. The highest BCUT2D eigenvalue weighted by atomic mass is 16.6. The van der Waals surface area contributed by atoms with Gasteiger partial charge in [0.25, 0.3) is 0 Å². The van der Waals surface area contributed by atoms with Gasteiger partial charge in [0.2, 0.25) is 5.88 Å². The molecule has 7 nitrogen and oxygen atoms in total. The largest absolute Gasteiger partial charge is 0.486 e. The summed E-state index contributed by atoms with van der Waals surface area (Å²) in [5.74, 6) is 2.66. The van der Waals surface area contributed by atoms with Crippen molar-refractivity contribution in [1.29, 1.82) is 0 Å². The quantitative estimate of drug-likeness (QED) is 0.685. The number of rotatable bonds is 6. The van der Waals surface area contributed by atoms with Crippen molar-refractivity contribution in [3.05, 3.63) is 54.2 Å². The van der Waals surface area contributed by atoms with Crippen molar-refractivity contribution in [2.75, 3.05) is 39.7 Å². The number of ether oxygens (including phenoxy) is 3. The van der Waals surface area contributed by atoms with E-state index < -0.39 is 0 Å². The van der Waals surface area contributed by atoms with E-state index in [4.69, 9.17) is 14.2 Å². The Morgan fingerprint density at radius 3 is 2.69 bits per heavy atom. The number of anilines is 2. The second-order valence-corrected chi connectivity index (χ2v) is 7.00. The van der Waals surface area contributed by atoms with Gasteiger partial charge in [0.1, 0.15) is 24.7 Å². The zero-order chi connectivity index (χ0) is 20.2. The minimum Gasteiger partial charge on any atom is -0.486 e. The van der Waals surface area contributed by atoms with Crippen LogP contribution in [0.25, 0.3) is 11.3 Å². The Labute approximate surface area is 170 Å². The van der Waals surface area contributed by atoms with Crippen LogP contribution in [0.1, 0.15) is 5.56 Å². The van der Waals surface area contributed by atoms with E-state index in [-0.39, 0.29) is 0 Å². The molecule has 7 heteroatoms. The minimum absolute atomic E-state index is 0.482. The maximum atomic E-state index is 5.81. The van der Waals surface area contributed by atoms with E-state index in [9.17, 15) is 0 Å². The van der Waals surface area contributed by atoms with Crippen molar-refractivity contribution >= 4 is 11.5 Å². The molecule has 0 fully saturated rings. The van der Waals surface area contributed by atoms with Crippen molar-refractivity contribution in [3.8, 4) is 28.6 Å². The lowest BCUT2D eigenvalue weighted by Crippen LogP contribution is -2.16. The molecule has 0 bridgehead atoms. The molecule has 0 atom stereocenters. The van der Waals surface area contributed by atoms with Crippen LogP contribution in [0.3, 0.4) is 0 Å². The number of fused-ring (bicyclic) bond motifs is 1. The van der Waals surface area contributed by atoms with Gasteiger partial charge in [0, 0.05) is 18.3 Å². The number of aromatic nitrogens is 2. The fourth-order valence-electron chi connectivity index (χ4n) is 3.21. The maximum Gasteiger partial charge on any atom is 0.238 e. The van der Waals surface area contributed by atoms with E-state index in [0.29, 0.717) is 24.8 Å². The molecular formula is C22H24N4O3. The van der Waals surface area contributed by atoms with Crippen LogP contribution >= 0.6 is 0 Å². The first kappa shape index (κ1) is 19.0. The van der Waals surface area contributed by atoms with Crippen molar-refractivity contribution < 1.29 is 14.2 Å². The lowest BCUT2D eigenvalue weighted by atomic mass is 10.1. The van der Waals surface area contributed by atoms with Crippen LogP contribution in [-0.4, -0.2) is 49.3 Å². The SMILES string of the molecule is COc1nc(-c2cccc3c2OCCO3)ccc1Nc1ccc(CN(C)C)cn1. The Morgan fingerprint density at radius 2 is 1.93 bits per heavy atom. The molecule has 1 aliphatic heterocycles. The van der Waals surface area contributed by atoms with Crippen molar-refractivity contribution in [2.24, 2.45) is 0 Å². The van der Waals surface area contributed by atoms with E-state index in [2.05, 4.69) is 26.3 Å². The lowest BCUT2D eigenvalue weighted by Gasteiger charge is -2.21. The highest BCUT2D eigenvalue weighted by Crippen LogP contribution is 2.40. The topological polar surface area (TPSA) is 68.7 Å². The first-order chi connectivity index (χ1) is 14.1.